The fraction of sp³-hybridized carbons (Fsp3) is 0.733. The first-order valence-electron chi connectivity index (χ1n) is 7.50. The molecule has 1 saturated carbocycles. The molecule has 0 bridgehead atoms. The van der Waals surface area contributed by atoms with Crippen LogP contribution in [0.15, 0.2) is 0 Å². The lowest BCUT2D eigenvalue weighted by Crippen LogP contribution is -2.12. The largest absolute Gasteiger partial charge is 0.368 e. The van der Waals surface area contributed by atoms with Crippen molar-refractivity contribution in [2.24, 2.45) is 0 Å². The van der Waals surface area contributed by atoms with Crippen LogP contribution in [0.4, 0.5) is 10.2 Å². The number of rotatable bonds is 4. The molecule has 0 aromatic carbocycles. The third-order valence-corrected chi connectivity index (χ3v) is 3.80. The normalized spacial score (nSPS) is 17.2. The van der Waals surface area contributed by atoms with Gasteiger partial charge in [0.05, 0.1) is 5.69 Å². The van der Waals surface area contributed by atoms with Gasteiger partial charge in [0.1, 0.15) is 5.82 Å². The highest BCUT2D eigenvalue weighted by molar-refractivity contribution is 5.38. The molecule has 0 saturated heterocycles. The maximum absolute atomic E-state index is 14.0. The van der Waals surface area contributed by atoms with Gasteiger partial charge >= 0.3 is 0 Å². The zero-order valence-electron chi connectivity index (χ0n) is 12.0. The first kappa shape index (κ1) is 14.2. The third-order valence-electron chi connectivity index (χ3n) is 3.80. The Labute approximate surface area is 115 Å². The fourth-order valence-corrected chi connectivity index (χ4v) is 2.66. The summed E-state index contributed by atoms with van der Waals surface area (Å²) in [7, 11) is 0. The first-order chi connectivity index (χ1) is 9.22. The number of aryl methyl sites for hydroxylation is 1. The van der Waals surface area contributed by atoms with E-state index in [9.17, 15) is 4.39 Å². The molecule has 1 N–H and O–H groups in total. The van der Waals surface area contributed by atoms with Crippen LogP contribution in [0, 0.1) is 12.7 Å². The molecule has 0 radical (unpaired) electrons. The molecule has 0 amide bonds. The van der Waals surface area contributed by atoms with E-state index in [1.165, 1.54) is 25.7 Å². The fourth-order valence-electron chi connectivity index (χ4n) is 2.66. The minimum absolute atomic E-state index is 0.300. The summed E-state index contributed by atoms with van der Waals surface area (Å²) >= 11 is 0. The molecule has 0 aliphatic heterocycles. The molecule has 1 aromatic rings. The topological polar surface area (TPSA) is 37.8 Å². The van der Waals surface area contributed by atoms with Gasteiger partial charge in [0.25, 0.3) is 0 Å². The van der Waals surface area contributed by atoms with Crippen molar-refractivity contribution in [3.8, 4) is 0 Å². The molecule has 1 aromatic heterocycles. The van der Waals surface area contributed by atoms with E-state index in [0.29, 0.717) is 17.4 Å². The monoisotopic (exact) mass is 265 g/mol. The summed E-state index contributed by atoms with van der Waals surface area (Å²) in [6.45, 7) is 4.54. The summed E-state index contributed by atoms with van der Waals surface area (Å²) in [6, 6.07) is 0. The molecular formula is C15H24FN3. The summed E-state index contributed by atoms with van der Waals surface area (Å²) in [5, 5.41) is 3.07. The quantitative estimate of drug-likeness (QED) is 0.830. The Hall–Kier alpha value is -1.19. The maximum atomic E-state index is 14.0. The zero-order chi connectivity index (χ0) is 13.7. The highest BCUT2D eigenvalue weighted by Crippen LogP contribution is 2.30. The van der Waals surface area contributed by atoms with E-state index in [4.69, 9.17) is 0 Å². The van der Waals surface area contributed by atoms with Crippen molar-refractivity contribution in [1.29, 1.82) is 0 Å². The molecule has 19 heavy (non-hydrogen) atoms. The van der Waals surface area contributed by atoms with E-state index in [-0.39, 0.29) is 5.82 Å². The van der Waals surface area contributed by atoms with Gasteiger partial charge in [0.2, 0.25) is 0 Å². The smallest absolute Gasteiger partial charge is 0.186 e. The lowest BCUT2D eigenvalue weighted by molar-refractivity contribution is 0.542. The van der Waals surface area contributed by atoms with Gasteiger partial charge in [0.15, 0.2) is 11.6 Å². The van der Waals surface area contributed by atoms with Crippen LogP contribution in [0.2, 0.25) is 0 Å². The summed E-state index contributed by atoms with van der Waals surface area (Å²) in [5.41, 5.74) is 0.466. The lowest BCUT2D eigenvalue weighted by atomic mass is 9.99. The van der Waals surface area contributed by atoms with Gasteiger partial charge < -0.3 is 5.32 Å². The summed E-state index contributed by atoms with van der Waals surface area (Å²) in [5.74, 6) is 1.32. The van der Waals surface area contributed by atoms with E-state index < -0.39 is 0 Å². The third kappa shape index (κ3) is 3.64. The van der Waals surface area contributed by atoms with Crippen LogP contribution < -0.4 is 5.32 Å². The number of nitrogens with one attached hydrogen (secondary N) is 1. The van der Waals surface area contributed by atoms with Crippen molar-refractivity contribution in [3.63, 3.8) is 0 Å². The van der Waals surface area contributed by atoms with Crippen molar-refractivity contribution < 1.29 is 4.39 Å². The van der Waals surface area contributed by atoms with Crippen LogP contribution in [0.3, 0.4) is 0 Å². The highest BCUT2D eigenvalue weighted by atomic mass is 19.1. The van der Waals surface area contributed by atoms with Gasteiger partial charge in [-0.1, -0.05) is 32.6 Å². The van der Waals surface area contributed by atoms with Gasteiger partial charge in [-0.15, -0.1) is 0 Å². The summed E-state index contributed by atoms with van der Waals surface area (Å²) < 4.78 is 14.0. The molecule has 1 aliphatic rings. The molecule has 0 atom stereocenters. The van der Waals surface area contributed by atoms with Gasteiger partial charge in [-0.3, -0.25) is 0 Å². The van der Waals surface area contributed by atoms with E-state index in [1.54, 1.807) is 6.92 Å². The number of halogens is 1. The second-order valence-corrected chi connectivity index (χ2v) is 5.45. The lowest BCUT2D eigenvalue weighted by Gasteiger charge is -2.15. The molecule has 1 heterocycles. The maximum Gasteiger partial charge on any atom is 0.186 e. The molecular weight excluding hydrogens is 241 g/mol. The van der Waals surface area contributed by atoms with Crippen LogP contribution in [0.5, 0.6) is 0 Å². The molecule has 1 aliphatic carbocycles. The minimum Gasteiger partial charge on any atom is -0.368 e. The SMILES string of the molecule is CCCNc1nc(C2CCCCCC2)nc(C)c1F. The number of nitrogens with zero attached hydrogens (tertiary/aromatic N) is 2. The van der Waals surface area contributed by atoms with Crippen LogP contribution in [-0.2, 0) is 0 Å². The number of anilines is 1. The average molecular weight is 265 g/mol. The zero-order valence-corrected chi connectivity index (χ0v) is 12.0. The van der Waals surface area contributed by atoms with Gasteiger partial charge in [0, 0.05) is 12.5 Å². The highest BCUT2D eigenvalue weighted by Gasteiger charge is 2.20. The van der Waals surface area contributed by atoms with Gasteiger partial charge in [-0.2, -0.15) is 0 Å². The Morgan fingerprint density at radius 3 is 2.47 bits per heavy atom. The van der Waals surface area contributed by atoms with Crippen molar-refractivity contribution >= 4 is 5.82 Å². The second kappa shape index (κ2) is 6.83. The van der Waals surface area contributed by atoms with Crippen molar-refractivity contribution in [1.82, 2.24) is 9.97 Å². The predicted octanol–water partition coefficient (Wildman–Crippen LogP) is 4.18. The van der Waals surface area contributed by atoms with E-state index in [2.05, 4.69) is 22.2 Å². The standard InChI is InChI=1S/C15H24FN3/c1-3-10-17-15-13(16)11(2)18-14(19-15)12-8-6-4-5-7-9-12/h12H,3-10H2,1-2H3,(H,17,18,19). The van der Waals surface area contributed by atoms with Crippen LogP contribution >= 0.6 is 0 Å². The van der Waals surface area contributed by atoms with Crippen LogP contribution in [0.1, 0.15) is 69.3 Å². The first-order valence-corrected chi connectivity index (χ1v) is 7.50. The van der Waals surface area contributed by atoms with Crippen LogP contribution in [-0.4, -0.2) is 16.5 Å². The number of aromatic nitrogens is 2. The average Bonchev–Trinajstić information content (AvgIpc) is 2.69. The van der Waals surface area contributed by atoms with Crippen LogP contribution in [0.25, 0.3) is 0 Å². The van der Waals surface area contributed by atoms with Gasteiger partial charge in [-0.05, 0) is 26.2 Å². The second-order valence-electron chi connectivity index (χ2n) is 5.45. The van der Waals surface area contributed by atoms with Crippen molar-refractivity contribution in [2.45, 2.75) is 64.7 Å². The minimum atomic E-state index is -0.300. The molecule has 1 fully saturated rings. The molecule has 2 rings (SSSR count). The Balaban J connectivity index is 2.21. The Kier molecular flexibility index (Phi) is 5.11. The summed E-state index contributed by atoms with van der Waals surface area (Å²) in [6.07, 6.45) is 8.32. The van der Waals surface area contributed by atoms with Crippen molar-refractivity contribution in [2.75, 3.05) is 11.9 Å². The van der Waals surface area contributed by atoms with Crippen molar-refractivity contribution in [3.05, 3.63) is 17.3 Å². The molecule has 4 heteroatoms. The van der Waals surface area contributed by atoms with E-state index in [0.717, 1.165) is 31.6 Å². The predicted molar refractivity (Wildman–Crippen MR) is 76.0 cm³/mol. The number of hydrogen-bond donors (Lipinski definition) is 1. The molecule has 106 valence electrons. The number of hydrogen-bond acceptors (Lipinski definition) is 3. The Morgan fingerprint density at radius 1 is 1.16 bits per heavy atom. The molecule has 0 spiro atoms. The molecule has 0 unspecified atom stereocenters. The van der Waals surface area contributed by atoms with E-state index >= 15 is 0 Å². The molecule has 3 nitrogen and oxygen atoms in total. The van der Waals surface area contributed by atoms with Gasteiger partial charge in [-0.25, -0.2) is 14.4 Å². The Bertz CT molecular complexity index is 412. The summed E-state index contributed by atoms with van der Waals surface area (Å²) in [4.78, 5) is 8.82. The Morgan fingerprint density at radius 2 is 1.84 bits per heavy atom. The van der Waals surface area contributed by atoms with E-state index in [1.807, 2.05) is 0 Å².